The molecule has 3 aliphatic carbocycles. The number of hydrogen-bond acceptors (Lipinski definition) is 13. The highest BCUT2D eigenvalue weighted by Gasteiger charge is 2.68. The van der Waals surface area contributed by atoms with Crippen LogP contribution in [-0.4, -0.2) is 108 Å². The van der Waals surface area contributed by atoms with Crippen LogP contribution in [0.3, 0.4) is 0 Å². The SMILES string of the molecule is CCN1CCN(C(=O)NC(C(=O)N[C@@H](Cc2cc(F)c(F)c(C(=O)OC(C)(C)C)c2OC)B2O[C@@H]3C[C@@H]4C[C@@H](C4(C)C)[C@]3(C)O2)c2csc(NC(=O)OCc3ccccc3)n2)C(=O)C1=O. The van der Waals surface area contributed by atoms with Crippen molar-refractivity contribution in [3.8, 4) is 5.75 Å². The van der Waals surface area contributed by atoms with E-state index in [1.807, 2.05) is 13.0 Å². The van der Waals surface area contributed by atoms with Gasteiger partial charge in [-0.2, -0.15) is 0 Å². The van der Waals surface area contributed by atoms with E-state index in [0.29, 0.717) is 17.2 Å². The van der Waals surface area contributed by atoms with E-state index in [9.17, 15) is 28.8 Å². The van der Waals surface area contributed by atoms with Crippen molar-refractivity contribution in [2.75, 3.05) is 32.1 Å². The third-order valence-electron chi connectivity index (χ3n) is 12.8. The molecule has 2 saturated heterocycles. The number of esters is 1. The predicted octanol–water partition coefficient (Wildman–Crippen LogP) is 5.57. The molecule has 3 N–H and O–H groups in total. The molecule has 3 aromatic rings. The topological polar surface area (TPSA) is 204 Å². The van der Waals surface area contributed by atoms with Gasteiger partial charge in [-0.3, -0.25) is 24.6 Å². The molecule has 1 aromatic heterocycles. The van der Waals surface area contributed by atoms with Crippen molar-refractivity contribution in [3.63, 3.8) is 0 Å². The molecule has 5 fully saturated rings. The van der Waals surface area contributed by atoms with Gasteiger partial charge in [0.05, 0.1) is 30.4 Å². The number of nitrogens with one attached hydrogen (secondary N) is 3. The van der Waals surface area contributed by atoms with Gasteiger partial charge in [-0.25, -0.2) is 28.1 Å². The summed E-state index contributed by atoms with van der Waals surface area (Å²) in [5.74, 6) is -8.17. The summed E-state index contributed by atoms with van der Waals surface area (Å²) in [4.78, 5) is 87.2. The molecule has 2 bridgehead atoms. The number of methoxy groups -OCH3 is 1. The number of anilines is 1. The van der Waals surface area contributed by atoms with Gasteiger partial charge in [0.15, 0.2) is 22.8 Å². The van der Waals surface area contributed by atoms with Gasteiger partial charge in [0.1, 0.15) is 23.5 Å². The quantitative estimate of drug-likeness (QED) is 0.109. The fourth-order valence-corrected chi connectivity index (χ4v) is 10.0. The molecule has 3 heterocycles. The molecule has 17 nitrogen and oxygen atoms in total. The van der Waals surface area contributed by atoms with E-state index in [4.69, 9.17) is 23.5 Å². The minimum Gasteiger partial charge on any atom is -0.495 e. The van der Waals surface area contributed by atoms with Crippen LogP contribution in [0.2, 0.25) is 0 Å². The number of amides is 6. The van der Waals surface area contributed by atoms with Crippen LogP contribution in [0.4, 0.5) is 23.5 Å². The van der Waals surface area contributed by atoms with Gasteiger partial charge in [-0.1, -0.05) is 44.2 Å². The number of aromatic nitrogens is 1. The largest absolute Gasteiger partial charge is 0.495 e. The molecule has 3 saturated carbocycles. The van der Waals surface area contributed by atoms with E-state index in [1.54, 1.807) is 52.0 Å². The third kappa shape index (κ3) is 9.54. The van der Waals surface area contributed by atoms with Crippen molar-refractivity contribution in [1.29, 1.82) is 0 Å². The molecule has 2 aromatic carbocycles. The van der Waals surface area contributed by atoms with Crippen LogP contribution in [0.1, 0.15) is 94.5 Å². The molecule has 6 amide bonds. The van der Waals surface area contributed by atoms with Crippen molar-refractivity contribution < 1.29 is 61.1 Å². The van der Waals surface area contributed by atoms with Gasteiger partial charge in [-0.05, 0) is 88.3 Å². The van der Waals surface area contributed by atoms with Crippen LogP contribution in [-0.2, 0) is 46.2 Å². The Morgan fingerprint density at radius 2 is 1.77 bits per heavy atom. The highest BCUT2D eigenvalue weighted by Crippen LogP contribution is 2.65. The standard InChI is InChI=1S/C44H53BF2N6O11S/c1-9-52-15-16-53(37(56)36(52)55)40(58)50-33(27-22-65-39(48-27)51-41(59)61-21-23-13-11-10-12-14-23)35(54)49-30(45-63-29-20-25-19-28(43(25,5)6)44(29,7)64-45)18-24-17-26(46)32(47)31(34(24)60-8)38(57)62-42(2,3)4/h10-14,17,22,25,28-30,33H,9,15-16,18-21H2,1-8H3,(H,49,54)(H,50,58)(H,48,51,59)/t25-,28-,29+,30-,33?,44-/m0/s1. The molecule has 0 spiro atoms. The summed E-state index contributed by atoms with van der Waals surface area (Å²) in [6.07, 6.45) is -0.0619. The fraction of sp³-hybridized carbons (Fsp3) is 0.523. The van der Waals surface area contributed by atoms with Gasteiger partial charge < -0.3 is 39.1 Å². The minimum atomic E-state index is -1.69. The molecule has 21 heteroatoms. The summed E-state index contributed by atoms with van der Waals surface area (Å²) in [5, 5.41) is 9.30. The highest BCUT2D eigenvalue weighted by molar-refractivity contribution is 7.13. The highest BCUT2D eigenvalue weighted by atomic mass is 32.1. The van der Waals surface area contributed by atoms with Crippen molar-refractivity contribution in [3.05, 3.63) is 75.8 Å². The molecule has 8 rings (SSSR count). The smallest absolute Gasteiger partial charge is 0.482 e. The average molecular weight is 923 g/mol. The zero-order valence-electron chi connectivity index (χ0n) is 37.5. The van der Waals surface area contributed by atoms with E-state index in [1.165, 1.54) is 17.4 Å². The zero-order valence-corrected chi connectivity index (χ0v) is 38.3. The Hall–Kier alpha value is -5.67. The number of imide groups is 1. The lowest BCUT2D eigenvalue weighted by Gasteiger charge is -2.64. The number of carbonyl (C=O) groups is 6. The number of urea groups is 1. The number of thiazole rings is 1. The number of hydrogen-bond donors (Lipinski definition) is 3. The number of piperazine rings is 1. The maximum absolute atomic E-state index is 15.5. The van der Waals surface area contributed by atoms with E-state index in [2.05, 4.69) is 34.8 Å². The first kappa shape index (κ1) is 47.3. The Kier molecular flexibility index (Phi) is 13.3. The van der Waals surface area contributed by atoms with E-state index >= 15 is 8.78 Å². The molecular weight excluding hydrogens is 869 g/mol. The zero-order chi connectivity index (χ0) is 47.2. The second-order valence-electron chi connectivity index (χ2n) is 18.4. The molecule has 5 aliphatic rings. The maximum Gasteiger partial charge on any atom is 0.482 e. The van der Waals surface area contributed by atoms with Gasteiger partial charge >= 0.3 is 37.0 Å². The number of ether oxygens (including phenoxy) is 3. The first-order valence-corrected chi connectivity index (χ1v) is 22.3. The van der Waals surface area contributed by atoms with E-state index in [-0.39, 0.29) is 66.1 Å². The third-order valence-corrected chi connectivity index (χ3v) is 13.6. The average Bonchev–Trinajstić information content (AvgIpc) is 3.86. The normalized spacial score (nSPS) is 23.2. The van der Waals surface area contributed by atoms with Crippen molar-refractivity contribution >= 4 is 59.4 Å². The number of nitrogens with zero attached hydrogens (tertiary/aromatic N) is 3. The summed E-state index contributed by atoms with van der Waals surface area (Å²) in [7, 11) is -0.0365. The Morgan fingerprint density at radius 3 is 2.43 bits per heavy atom. The summed E-state index contributed by atoms with van der Waals surface area (Å²) < 4.78 is 60.7. The van der Waals surface area contributed by atoms with Gasteiger partial charge in [0.2, 0.25) is 5.91 Å². The number of rotatable bonds is 13. The first-order chi connectivity index (χ1) is 30.6. The number of halogens is 2. The molecule has 0 radical (unpaired) electrons. The second-order valence-corrected chi connectivity index (χ2v) is 19.2. The minimum absolute atomic E-state index is 0.00765. The maximum atomic E-state index is 15.5. The van der Waals surface area contributed by atoms with Crippen LogP contribution in [0.25, 0.3) is 0 Å². The summed E-state index contributed by atoms with van der Waals surface area (Å²) in [5.41, 5.74) is -2.17. The number of likely N-dealkylation sites (N-methyl/N-ethyl adjacent to an activating group) is 1. The Labute approximate surface area is 379 Å². The lowest BCUT2D eigenvalue weighted by atomic mass is 9.43. The van der Waals surface area contributed by atoms with Crippen LogP contribution >= 0.6 is 11.3 Å². The number of benzene rings is 2. The molecule has 348 valence electrons. The molecule has 6 atom stereocenters. The monoisotopic (exact) mass is 922 g/mol. The van der Waals surface area contributed by atoms with Gasteiger partial charge in [0, 0.05) is 25.0 Å². The summed E-state index contributed by atoms with van der Waals surface area (Å²) in [6.45, 7) is 12.7. The summed E-state index contributed by atoms with van der Waals surface area (Å²) in [6, 6.07) is 7.01. The van der Waals surface area contributed by atoms with Crippen LogP contribution < -0.4 is 20.7 Å². The Morgan fingerprint density at radius 1 is 1.05 bits per heavy atom. The Bertz CT molecular complexity index is 2370. The fourth-order valence-electron chi connectivity index (χ4n) is 9.31. The molecule has 65 heavy (non-hydrogen) atoms. The van der Waals surface area contributed by atoms with Crippen molar-refractivity contribution in [1.82, 2.24) is 25.4 Å². The summed E-state index contributed by atoms with van der Waals surface area (Å²) >= 11 is 0.910. The van der Waals surface area contributed by atoms with Crippen molar-refractivity contribution in [2.45, 2.75) is 104 Å². The van der Waals surface area contributed by atoms with Gasteiger partial charge in [-0.15, -0.1) is 11.3 Å². The molecular formula is C44H53BF2N6O11S. The molecule has 1 unspecified atom stereocenters. The van der Waals surface area contributed by atoms with E-state index in [0.717, 1.165) is 29.4 Å². The lowest BCUT2D eigenvalue weighted by Crippen LogP contribution is -2.65. The van der Waals surface area contributed by atoms with Crippen LogP contribution in [0.5, 0.6) is 5.75 Å². The van der Waals surface area contributed by atoms with Crippen LogP contribution in [0.15, 0.2) is 41.8 Å². The lowest BCUT2D eigenvalue weighted by molar-refractivity contribution is -0.199. The molecule has 2 aliphatic heterocycles. The van der Waals surface area contributed by atoms with E-state index < -0.39 is 89.4 Å². The van der Waals surface area contributed by atoms with Crippen molar-refractivity contribution in [2.24, 2.45) is 17.3 Å². The first-order valence-electron chi connectivity index (χ1n) is 21.4. The predicted molar refractivity (Wildman–Crippen MR) is 231 cm³/mol. The van der Waals surface area contributed by atoms with Gasteiger partial charge in [0.25, 0.3) is 0 Å². The van der Waals surface area contributed by atoms with Crippen LogP contribution in [0, 0.1) is 28.9 Å². The Balaban J connectivity index is 1.22. The number of carbonyl (C=O) groups excluding carboxylic acids is 6. The second kappa shape index (κ2) is 18.3.